The third-order valence-corrected chi connectivity index (χ3v) is 7.43. The maximum absolute atomic E-state index is 13.8. The average molecular weight is 551 g/mol. The highest BCUT2D eigenvalue weighted by atomic mass is 16.3. The number of nitrogens with two attached hydrogens (primary N) is 1. The Bertz CT molecular complexity index is 1620. The molecule has 208 valence electrons. The lowest BCUT2D eigenvalue weighted by Crippen LogP contribution is -2.54. The maximum Gasteiger partial charge on any atom is 0.260 e. The first kappa shape index (κ1) is 26.1. The van der Waals surface area contributed by atoms with Crippen LogP contribution in [0.1, 0.15) is 33.9 Å². The second-order valence-electron chi connectivity index (χ2n) is 10.2. The summed E-state index contributed by atoms with van der Waals surface area (Å²) in [6, 6.07) is 17.9. The standard InChI is InChI=1S/C31H30N6O4/c1-20-6-11-23(41-20)12-13-28(38)35-16-14-27-24(19-35)30(40)37(31-33-15-17-36(27)31)18-21-7-9-22(10-8-21)29(39)34-26-5-3-2-4-25(26)32/h2-13H,14-19,32H2,1H3,(H,34,39)/b13-12+. The van der Waals surface area contributed by atoms with Crippen LogP contribution < -0.4 is 11.1 Å². The molecule has 1 aromatic heterocycles. The summed E-state index contributed by atoms with van der Waals surface area (Å²) in [7, 11) is 0. The minimum absolute atomic E-state index is 0.151. The molecule has 0 unspecified atom stereocenters. The number of carbonyl (C=O) groups is 3. The van der Waals surface area contributed by atoms with E-state index in [2.05, 4.69) is 15.2 Å². The van der Waals surface area contributed by atoms with E-state index in [1.807, 2.05) is 31.2 Å². The van der Waals surface area contributed by atoms with Crippen molar-refractivity contribution in [2.24, 2.45) is 4.99 Å². The fourth-order valence-electron chi connectivity index (χ4n) is 5.30. The molecule has 3 amide bonds. The number of hydrogen-bond donors (Lipinski definition) is 2. The first-order valence-corrected chi connectivity index (χ1v) is 13.5. The van der Waals surface area contributed by atoms with E-state index in [0.717, 1.165) is 17.0 Å². The molecule has 0 spiro atoms. The molecule has 3 aliphatic heterocycles. The zero-order chi connectivity index (χ0) is 28.5. The van der Waals surface area contributed by atoms with Gasteiger partial charge in [0.25, 0.3) is 11.8 Å². The number of nitrogens with one attached hydrogen (secondary N) is 1. The molecule has 3 aromatic rings. The summed E-state index contributed by atoms with van der Waals surface area (Å²) in [6.07, 6.45) is 3.72. The van der Waals surface area contributed by atoms with Gasteiger partial charge in [-0.25, -0.2) is 0 Å². The van der Waals surface area contributed by atoms with Gasteiger partial charge in [-0.15, -0.1) is 0 Å². The molecule has 0 saturated carbocycles. The second kappa shape index (κ2) is 10.8. The second-order valence-corrected chi connectivity index (χ2v) is 10.2. The molecule has 10 heteroatoms. The SMILES string of the molecule is Cc1ccc(/C=C/C(=O)N2CCC3=C(C2)C(=O)N(Cc2ccc(C(=O)Nc4ccccc4N)cc2)C2=NCCN23)o1. The van der Waals surface area contributed by atoms with Gasteiger partial charge in [0.05, 0.1) is 36.6 Å². The predicted molar refractivity (Wildman–Crippen MR) is 156 cm³/mol. The van der Waals surface area contributed by atoms with E-state index in [1.165, 1.54) is 6.08 Å². The zero-order valence-electron chi connectivity index (χ0n) is 22.7. The summed E-state index contributed by atoms with van der Waals surface area (Å²) in [5.74, 6) is 1.43. The van der Waals surface area contributed by atoms with E-state index >= 15 is 0 Å². The van der Waals surface area contributed by atoms with E-state index in [-0.39, 0.29) is 24.3 Å². The van der Waals surface area contributed by atoms with Crippen molar-refractivity contribution in [2.75, 3.05) is 37.2 Å². The number of benzene rings is 2. The largest absolute Gasteiger partial charge is 0.462 e. The Balaban J connectivity index is 1.16. The van der Waals surface area contributed by atoms with Gasteiger partial charge in [-0.3, -0.25) is 24.3 Å². The molecule has 41 heavy (non-hydrogen) atoms. The number of nitrogen functional groups attached to an aromatic ring is 1. The summed E-state index contributed by atoms with van der Waals surface area (Å²) in [6.45, 7) is 4.20. The molecule has 0 aliphatic carbocycles. The molecule has 0 atom stereocenters. The van der Waals surface area contributed by atoms with Crippen molar-refractivity contribution in [3.8, 4) is 0 Å². The first-order valence-electron chi connectivity index (χ1n) is 13.5. The highest BCUT2D eigenvalue weighted by Gasteiger charge is 2.41. The fraction of sp³-hybridized carbons (Fsp3) is 0.226. The van der Waals surface area contributed by atoms with Crippen molar-refractivity contribution in [1.29, 1.82) is 0 Å². The van der Waals surface area contributed by atoms with Crippen LogP contribution in [-0.4, -0.2) is 64.6 Å². The van der Waals surface area contributed by atoms with Gasteiger partial charge < -0.3 is 25.3 Å². The van der Waals surface area contributed by atoms with E-state index in [0.29, 0.717) is 66.8 Å². The maximum atomic E-state index is 13.8. The lowest BCUT2D eigenvalue weighted by atomic mass is 10.00. The molecule has 0 bridgehead atoms. The number of rotatable bonds is 6. The van der Waals surface area contributed by atoms with E-state index in [4.69, 9.17) is 10.2 Å². The topological polar surface area (TPSA) is 124 Å². The van der Waals surface area contributed by atoms with Gasteiger partial charge >= 0.3 is 0 Å². The quantitative estimate of drug-likeness (QED) is 0.357. The highest BCUT2D eigenvalue weighted by Crippen LogP contribution is 2.32. The van der Waals surface area contributed by atoms with Crippen LogP contribution >= 0.6 is 0 Å². The Morgan fingerprint density at radius 2 is 1.88 bits per heavy atom. The number of aliphatic imine (C=N–C) groups is 1. The van der Waals surface area contributed by atoms with Crippen LogP contribution in [0.4, 0.5) is 11.4 Å². The number of amides is 3. The number of anilines is 2. The number of para-hydroxylation sites is 2. The van der Waals surface area contributed by atoms with Crippen LogP contribution in [0.3, 0.4) is 0 Å². The predicted octanol–water partition coefficient (Wildman–Crippen LogP) is 3.64. The first-order chi connectivity index (χ1) is 19.9. The number of fused-ring (bicyclic) bond motifs is 2. The van der Waals surface area contributed by atoms with Crippen molar-refractivity contribution < 1.29 is 18.8 Å². The van der Waals surface area contributed by atoms with Crippen LogP contribution in [0.15, 0.2) is 87.4 Å². The van der Waals surface area contributed by atoms with Crippen LogP contribution in [-0.2, 0) is 16.1 Å². The van der Waals surface area contributed by atoms with Crippen LogP contribution in [0.25, 0.3) is 6.08 Å². The summed E-state index contributed by atoms with van der Waals surface area (Å²) >= 11 is 0. The van der Waals surface area contributed by atoms with Gasteiger partial charge in [-0.1, -0.05) is 24.3 Å². The summed E-state index contributed by atoms with van der Waals surface area (Å²) in [5, 5.41) is 2.83. The molecule has 0 saturated heterocycles. The minimum atomic E-state index is -0.271. The summed E-state index contributed by atoms with van der Waals surface area (Å²) in [4.78, 5) is 49.6. The molecule has 3 N–H and O–H groups in total. The van der Waals surface area contributed by atoms with Gasteiger partial charge in [-0.2, -0.15) is 0 Å². The third kappa shape index (κ3) is 5.23. The Morgan fingerprint density at radius 1 is 1.07 bits per heavy atom. The number of aryl methyl sites for hydroxylation is 1. The van der Waals surface area contributed by atoms with Crippen molar-refractivity contribution >= 4 is 41.1 Å². The highest BCUT2D eigenvalue weighted by molar-refractivity contribution is 6.10. The van der Waals surface area contributed by atoms with Crippen LogP contribution in [0.5, 0.6) is 0 Å². The van der Waals surface area contributed by atoms with Crippen LogP contribution in [0.2, 0.25) is 0 Å². The zero-order valence-corrected chi connectivity index (χ0v) is 22.7. The van der Waals surface area contributed by atoms with Gasteiger partial charge in [0.15, 0.2) is 0 Å². The van der Waals surface area contributed by atoms with Gasteiger partial charge in [0.1, 0.15) is 11.5 Å². The molecule has 0 fully saturated rings. The number of carbonyl (C=O) groups excluding carboxylic acids is 3. The average Bonchev–Trinajstić information content (AvgIpc) is 3.64. The lowest BCUT2D eigenvalue weighted by molar-refractivity contribution is -0.128. The number of hydrogen-bond acceptors (Lipinski definition) is 7. The number of nitrogens with zero attached hydrogens (tertiary/aromatic N) is 4. The normalized spacial score (nSPS) is 16.7. The smallest absolute Gasteiger partial charge is 0.260 e. The fourth-order valence-corrected chi connectivity index (χ4v) is 5.30. The Hall–Kier alpha value is -5.12. The number of furan rings is 1. The van der Waals surface area contributed by atoms with Crippen molar-refractivity contribution in [2.45, 2.75) is 19.9 Å². The van der Waals surface area contributed by atoms with E-state index in [9.17, 15) is 14.4 Å². The minimum Gasteiger partial charge on any atom is -0.462 e. The third-order valence-electron chi connectivity index (χ3n) is 7.43. The van der Waals surface area contributed by atoms with Gasteiger partial charge in [0, 0.05) is 36.8 Å². The van der Waals surface area contributed by atoms with Crippen molar-refractivity contribution in [3.63, 3.8) is 0 Å². The molecule has 2 aromatic carbocycles. The van der Waals surface area contributed by atoms with E-state index in [1.54, 1.807) is 52.3 Å². The Morgan fingerprint density at radius 3 is 2.63 bits per heavy atom. The molecular formula is C31H30N6O4. The Labute approximate surface area is 237 Å². The number of guanidine groups is 1. The molecule has 6 rings (SSSR count). The summed E-state index contributed by atoms with van der Waals surface area (Å²) in [5.41, 5.74) is 9.88. The van der Waals surface area contributed by atoms with Crippen molar-refractivity contribution in [3.05, 3.63) is 101 Å². The molecule has 0 radical (unpaired) electrons. The molecular weight excluding hydrogens is 520 g/mol. The van der Waals surface area contributed by atoms with Gasteiger partial charge in [-0.05, 0) is 55.0 Å². The van der Waals surface area contributed by atoms with Crippen LogP contribution in [0, 0.1) is 6.92 Å². The molecule has 4 heterocycles. The van der Waals surface area contributed by atoms with Crippen molar-refractivity contribution in [1.82, 2.24) is 14.7 Å². The lowest BCUT2D eigenvalue weighted by Gasteiger charge is -2.41. The van der Waals surface area contributed by atoms with Gasteiger partial charge in [0.2, 0.25) is 11.9 Å². The molecule has 10 nitrogen and oxygen atoms in total. The van der Waals surface area contributed by atoms with E-state index < -0.39 is 0 Å². The Kier molecular flexibility index (Phi) is 6.88. The summed E-state index contributed by atoms with van der Waals surface area (Å²) < 4.78 is 5.52. The molecule has 3 aliphatic rings. The monoisotopic (exact) mass is 550 g/mol.